The smallest absolute Gasteiger partial charge is 0.349 e. The van der Waals surface area contributed by atoms with Gasteiger partial charge in [0.15, 0.2) is 11.6 Å². The van der Waals surface area contributed by atoms with Gasteiger partial charge in [0.1, 0.15) is 0 Å². The topological polar surface area (TPSA) is 19.4 Å². The zero-order valence-electron chi connectivity index (χ0n) is 18.4. The van der Waals surface area contributed by atoms with Gasteiger partial charge >= 0.3 is 6.18 Å². The quantitative estimate of drug-likeness (QED) is 0.408. The van der Waals surface area contributed by atoms with Crippen LogP contribution in [0.3, 0.4) is 0 Å². The number of alkyl halides is 3. The highest BCUT2D eigenvalue weighted by Crippen LogP contribution is 2.88. The molecule has 1 aliphatic heterocycles. The number of halogens is 4. The molecule has 1 spiro atoms. The standard InChI is InChI=1S/C23H31F4N3S/c1-15-13-29(9-10-30(15)19-17(24)11-16(12-28-19)23(25,26)27)31-14-21-6-4-5-18-20(2,3)22(18,21)8-7-21/h11-12,15,18H,4-10,13-14H2,1-3H3. The third kappa shape index (κ3) is 3.06. The molecule has 31 heavy (non-hydrogen) atoms. The van der Waals surface area contributed by atoms with Crippen molar-refractivity contribution in [2.45, 2.75) is 65.1 Å². The lowest BCUT2D eigenvalue weighted by Crippen LogP contribution is -2.52. The minimum Gasteiger partial charge on any atom is -0.349 e. The summed E-state index contributed by atoms with van der Waals surface area (Å²) in [7, 11) is 0. The Bertz CT molecular complexity index is 875. The number of rotatable bonds is 4. The second-order valence-electron chi connectivity index (χ2n) is 10.6. The molecular formula is C23H31F4N3S. The molecular weight excluding hydrogens is 426 g/mol. The molecule has 8 heteroatoms. The van der Waals surface area contributed by atoms with Crippen molar-refractivity contribution in [3.63, 3.8) is 0 Å². The molecule has 172 valence electrons. The Kier molecular flexibility index (Phi) is 4.92. The van der Waals surface area contributed by atoms with Gasteiger partial charge in [-0.05, 0) is 60.8 Å². The summed E-state index contributed by atoms with van der Waals surface area (Å²) in [6.07, 6.45) is 2.96. The summed E-state index contributed by atoms with van der Waals surface area (Å²) in [4.78, 5) is 5.63. The van der Waals surface area contributed by atoms with Gasteiger partial charge in [0.05, 0.1) is 5.56 Å². The first-order chi connectivity index (χ1) is 14.5. The summed E-state index contributed by atoms with van der Waals surface area (Å²) in [5.74, 6) is 1.18. The Morgan fingerprint density at radius 1 is 1.19 bits per heavy atom. The first-order valence-corrected chi connectivity index (χ1v) is 12.3. The fourth-order valence-corrected chi connectivity index (χ4v) is 9.01. The van der Waals surface area contributed by atoms with Crippen molar-refractivity contribution in [2.24, 2.45) is 22.2 Å². The highest BCUT2D eigenvalue weighted by atomic mass is 32.2. The maximum absolute atomic E-state index is 14.4. The monoisotopic (exact) mass is 457 g/mol. The summed E-state index contributed by atoms with van der Waals surface area (Å²) < 4.78 is 55.3. The van der Waals surface area contributed by atoms with Crippen LogP contribution in [-0.2, 0) is 6.18 Å². The Balaban J connectivity index is 1.22. The molecule has 2 heterocycles. The van der Waals surface area contributed by atoms with Crippen molar-refractivity contribution >= 4 is 17.8 Å². The third-order valence-electron chi connectivity index (χ3n) is 9.16. The molecule has 0 amide bonds. The van der Waals surface area contributed by atoms with Crippen LogP contribution in [0.2, 0.25) is 0 Å². The van der Waals surface area contributed by atoms with E-state index in [1.165, 1.54) is 32.1 Å². The first-order valence-electron chi connectivity index (χ1n) is 11.4. The zero-order chi connectivity index (χ0) is 22.2. The van der Waals surface area contributed by atoms with E-state index in [4.69, 9.17) is 0 Å². The van der Waals surface area contributed by atoms with Crippen LogP contribution in [0.5, 0.6) is 0 Å². The lowest BCUT2D eigenvalue weighted by molar-refractivity contribution is -0.138. The highest BCUT2D eigenvalue weighted by molar-refractivity contribution is 7.97. The fourth-order valence-electron chi connectivity index (χ4n) is 7.50. The number of nitrogens with zero attached hydrogens (tertiary/aromatic N) is 3. The zero-order valence-corrected chi connectivity index (χ0v) is 19.3. The van der Waals surface area contributed by atoms with E-state index in [-0.39, 0.29) is 11.9 Å². The normalized spacial score (nSPS) is 37.1. The summed E-state index contributed by atoms with van der Waals surface area (Å²) in [6, 6.07) is 0.548. The predicted molar refractivity (Wildman–Crippen MR) is 115 cm³/mol. The molecule has 0 bridgehead atoms. The van der Waals surface area contributed by atoms with E-state index < -0.39 is 17.6 Å². The molecule has 0 radical (unpaired) electrons. The van der Waals surface area contributed by atoms with Gasteiger partial charge in [-0.3, -0.25) is 0 Å². The summed E-state index contributed by atoms with van der Waals surface area (Å²) >= 11 is 1.94. The minimum atomic E-state index is -4.58. The van der Waals surface area contributed by atoms with Gasteiger partial charge in [-0.2, -0.15) is 13.2 Å². The van der Waals surface area contributed by atoms with E-state index in [1.807, 2.05) is 18.9 Å². The van der Waals surface area contributed by atoms with Crippen LogP contribution in [0.1, 0.15) is 58.4 Å². The van der Waals surface area contributed by atoms with Crippen LogP contribution < -0.4 is 4.90 Å². The van der Waals surface area contributed by atoms with Crippen LogP contribution in [0, 0.1) is 28.0 Å². The largest absolute Gasteiger partial charge is 0.417 e. The molecule has 5 rings (SSSR count). The summed E-state index contributed by atoms with van der Waals surface area (Å²) in [5.41, 5.74) is 0.482. The Morgan fingerprint density at radius 2 is 1.97 bits per heavy atom. The van der Waals surface area contributed by atoms with Gasteiger partial charge < -0.3 is 4.90 Å². The maximum Gasteiger partial charge on any atom is 0.417 e. The fraction of sp³-hybridized carbons (Fsp3) is 0.783. The third-order valence-corrected chi connectivity index (χ3v) is 10.5. The molecule has 3 saturated carbocycles. The average Bonchev–Trinajstić information content (AvgIpc) is 3.21. The van der Waals surface area contributed by atoms with E-state index in [2.05, 4.69) is 23.1 Å². The molecule has 4 fully saturated rings. The number of hydrogen-bond acceptors (Lipinski definition) is 4. The molecule has 1 saturated heterocycles. The minimum absolute atomic E-state index is 0.00990. The lowest BCUT2D eigenvalue weighted by atomic mass is 9.51. The second kappa shape index (κ2) is 6.99. The van der Waals surface area contributed by atoms with Crippen molar-refractivity contribution in [1.82, 2.24) is 9.29 Å². The molecule has 3 nitrogen and oxygen atoms in total. The van der Waals surface area contributed by atoms with E-state index in [9.17, 15) is 17.6 Å². The van der Waals surface area contributed by atoms with E-state index in [0.29, 0.717) is 28.9 Å². The summed E-state index contributed by atoms with van der Waals surface area (Å²) in [6.45, 7) is 9.00. The van der Waals surface area contributed by atoms with Gasteiger partial charge in [0.25, 0.3) is 0 Å². The van der Waals surface area contributed by atoms with Gasteiger partial charge in [-0.1, -0.05) is 32.2 Å². The molecule has 1 aromatic rings. The van der Waals surface area contributed by atoms with Crippen molar-refractivity contribution in [3.05, 3.63) is 23.6 Å². The van der Waals surface area contributed by atoms with Crippen LogP contribution in [0.4, 0.5) is 23.4 Å². The molecule has 4 atom stereocenters. The Morgan fingerprint density at radius 3 is 2.58 bits per heavy atom. The molecule has 4 unspecified atom stereocenters. The van der Waals surface area contributed by atoms with Crippen LogP contribution in [-0.4, -0.2) is 40.7 Å². The molecule has 4 aliphatic rings. The maximum atomic E-state index is 14.4. The number of aromatic nitrogens is 1. The van der Waals surface area contributed by atoms with E-state index in [0.717, 1.165) is 31.0 Å². The first kappa shape index (κ1) is 21.8. The number of hydrogen-bond donors (Lipinski definition) is 0. The van der Waals surface area contributed by atoms with Gasteiger partial charge in [0.2, 0.25) is 0 Å². The van der Waals surface area contributed by atoms with Crippen LogP contribution in [0.15, 0.2) is 12.3 Å². The second-order valence-corrected chi connectivity index (χ2v) is 11.7. The van der Waals surface area contributed by atoms with Gasteiger partial charge in [-0.25, -0.2) is 13.7 Å². The SMILES string of the molecule is CC1CN(SCC23CCCC4C(C)(C)C42CC3)CCN1c1ncc(C(F)(F)F)cc1F. The molecule has 3 aliphatic carbocycles. The molecule has 1 aromatic heterocycles. The van der Waals surface area contributed by atoms with Crippen molar-refractivity contribution in [3.8, 4) is 0 Å². The van der Waals surface area contributed by atoms with Crippen molar-refractivity contribution in [2.75, 3.05) is 30.3 Å². The highest BCUT2D eigenvalue weighted by Gasteiger charge is 2.82. The van der Waals surface area contributed by atoms with E-state index in [1.54, 1.807) is 4.90 Å². The predicted octanol–water partition coefficient (Wildman–Crippen LogP) is 6.00. The van der Waals surface area contributed by atoms with Gasteiger partial charge in [-0.15, -0.1) is 0 Å². The molecule has 0 N–H and O–H groups in total. The Hall–Kier alpha value is -1.02. The lowest BCUT2D eigenvalue weighted by Gasteiger charge is -2.56. The van der Waals surface area contributed by atoms with E-state index >= 15 is 0 Å². The number of piperazine rings is 1. The number of pyridine rings is 1. The van der Waals surface area contributed by atoms with Crippen LogP contribution >= 0.6 is 11.9 Å². The van der Waals surface area contributed by atoms with Crippen LogP contribution in [0.25, 0.3) is 0 Å². The van der Waals surface area contributed by atoms with Crippen molar-refractivity contribution < 1.29 is 17.6 Å². The van der Waals surface area contributed by atoms with Gasteiger partial charge in [0, 0.05) is 37.6 Å². The Labute approximate surface area is 186 Å². The summed E-state index contributed by atoms with van der Waals surface area (Å²) in [5, 5.41) is 0. The number of anilines is 1. The molecule has 0 aromatic carbocycles. The average molecular weight is 458 g/mol. The van der Waals surface area contributed by atoms with Crippen molar-refractivity contribution in [1.29, 1.82) is 0 Å².